The lowest BCUT2D eigenvalue weighted by atomic mass is 10.1. The lowest BCUT2D eigenvalue weighted by molar-refractivity contribution is 0.924. The summed E-state index contributed by atoms with van der Waals surface area (Å²) in [6.07, 6.45) is 1.99. The van der Waals surface area contributed by atoms with Crippen LogP contribution in [0, 0.1) is 18.3 Å². The van der Waals surface area contributed by atoms with E-state index in [1.807, 2.05) is 13.3 Å². The van der Waals surface area contributed by atoms with Gasteiger partial charge in [-0.15, -0.1) is 23.1 Å². The molecule has 1 aromatic heterocycles. The molecule has 0 saturated carbocycles. The largest absolute Gasteiger partial charge is 0.396 e. The second-order valence-electron chi connectivity index (χ2n) is 4.64. The quantitative estimate of drug-likeness (QED) is 0.871. The Morgan fingerprint density at radius 1 is 1.35 bits per heavy atom. The predicted molar refractivity (Wildman–Crippen MR) is 88.5 cm³/mol. The van der Waals surface area contributed by atoms with Crippen LogP contribution in [0.3, 0.4) is 0 Å². The first-order valence-corrected chi connectivity index (χ1v) is 8.24. The lowest BCUT2D eigenvalue weighted by Gasteiger charge is -2.19. The third-order valence-corrected chi connectivity index (χ3v) is 5.25. The average molecular weight is 303 g/mol. The van der Waals surface area contributed by atoms with E-state index >= 15 is 0 Å². The monoisotopic (exact) mass is 303 g/mol. The Labute approximate surface area is 128 Å². The number of thiophene rings is 1. The molecule has 20 heavy (non-hydrogen) atoms. The standard InChI is InChI=1S/C15H17N3S2/c1-10-4-6-11(7-5-10)9-18(2)15-14(19-3)13(17)12(8-16)20-15/h4-7H,9,17H2,1-3H3. The molecule has 5 heteroatoms. The minimum absolute atomic E-state index is 0.597. The molecule has 0 spiro atoms. The highest BCUT2D eigenvalue weighted by Crippen LogP contribution is 2.43. The molecule has 0 atom stereocenters. The Hall–Kier alpha value is -1.64. The summed E-state index contributed by atoms with van der Waals surface area (Å²) in [7, 11) is 2.03. The zero-order chi connectivity index (χ0) is 14.7. The average Bonchev–Trinajstić information content (AvgIpc) is 2.77. The van der Waals surface area contributed by atoms with E-state index in [1.165, 1.54) is 22.5 Å². The SMILES string of the molecule is CSc1c(N(C)Cc2ccc(C)cc2)sc(C#N)c1N. The predicted octanol–water partition coefficient (Wildman–Crippen LogP) is 3.87. The van der Waals surface area contributed by atoms with Crippen LogP contribution in [0.15, 0.2) is 29.2 Å². The molecule has 0 amide bonds. The number of aryl methyl sites for hydroxylation is 1. The van der Waals surface area contributed by atoms with Gasteiger partial charge in [0.2, 0.25) is 0 Å². The molecule has 0 aliphatic carbocycles. The first-order chi connectivity index (χ1) is 9.56. The van der Waals surface area contributed by atoms with Crippen LogP contribution in [-0.2, 0) is 6.54 Å². The summed E-state index contributed by atoms with van der Waals surface area (Å²) in [5.41, 5.74) is 9.13. The van der Waals surface area contributed by atoms with Crippen LogP contribution in [-0.4, -0.2) is 13.3 Å². The van der Waals surface area contributed by atoms with Crippen molar-refractivity contribution < 1.29 is 0 Å². The molecule has 0 aliphatic rings. The van der Waals surface area contributed by atoms with Crippen LogP contribution in [0.25, 0.3) is 0 Å². The Balaban J connectivity index is 2.27. The molecule has 1 heterocycles. The fraction of sp³-hybridized carbons (Fsp3) is 0.267. The Morgan fingerprint density at radius 3 is 2.55 bits per heavy atom. The summed E-state index contributed by atoms with van der Waals surface area (Å²) in [5.74, 6) is 0. The number of nitrogens with two attached hydrogens (primary N) is 1. The van der Waals surface area contributed by atoms with Gasteiger partial charge in [0.25, 0.3) is 0 Å². The van der Waals surface area contributed by atoms with Crippen molar-refractivity contribution in [3.63, 3.8) is 0 Å². The van der Waals surface area contributed by atoms with Gasteiger partial charge in [0.05, 0.1) is 10.6 Å². The van der Waals surface area contributed by atoms with Gasteiger partial charge in [-0.05, 0) is 18.7 Å². The van der Waals surface area contributed by atoms with Gasteiger partial charge in [-0.25, -0.2) is 0 Å². The number of rotatable bonds is 4. The highest BCUT2D eigenvalue weighted by atomic mass is 32.2. The molecule has 0 saturated heterocycles. The van der Waals surface area contributed by atoms with Gasteiger partial charge in [-0.1, -0.05) is 29.8 Å². The van der Waals surface area contributed by atoms with Gasteiger partial charge in [0.1, 0.15) is 15.9 Å². The van der Waals surface area contributed by atoms with Crippen LogP contribution in [0.2, 0.25) is 0 Å². The molecular weight excluding hydrogens is 286 g/mol. The number of hydrogen-bond acceptors (Lipinski definition) is 5. The maximum Gasteiger partial charge on any atom is 0.131 e. The van der Waals surface area contributed by atoms with Gasteiger partial charge in [-0.2, -0.15) is 5.26 Å². The maximum absolute atomic E-state index is 9.11. The molecular formula is C15H17N3S2. The molecule has 3 nitrogen and oxygen atoms in total. The van der Waals surface area contributed by atoms with Gasteiger partial charge in [0, 0.05) is 13.6 Å². The molecule has 0 bridgehead atoms. The van der Waals surface area contributed by atoms with Crippen molar-refractivity contribution in [1.82, 2.24) is 0 Å². The van der Waals surface area contributed by atoms with E-state index in [0.29, 0.717) is 10.6 Å². The summed E-state index contributed by atoms with van der Waals surface area (Å²) >= 11 is 3.05. The molecule has 2 rings (SSSR count). The molecule has 0 fully saturated rings. The summed E-state index contributed by atoms with van der Waals surface area (Å²) in [6, 6.07) is 10.7. The van der Waals surface area contributed by atoms with E-state index in [4.69, 9.17) is 11.0 Å². The summed E-state index contributed by atoms with van der Waals surface area (Å²) in [6.45, 7) is 2.89. The number of nitriles is 1. The van der Waals surface area contributed by atoms with E-state index in [1.54, 1.807) is 11.8 Å². The Morgan fingerprint density at radius 2 is 2.00 bits per heavy atom. The molecule has 0 aliphatic heterocycles. The molecule has 104 valence electrons. The summed E-state index contributed by atoms with van der Waals surface area (Å²) < 4.78 is 0. The van der Waals surface area contributed by atoms with Crippen molar-refractivity contribution in [3.05, 3.63) is 40.3 Å². The molecule has 0 radical (unpaired) electrons. The van der Waals surface area contributed by atoms with Gasteiger partial charge in [0.15, 0.2) is 0 Å². The zero-order valence-corrected chi connectivity index (χ0v) is 13.4. The number of benzene rings is 1. The van der Waals surface area contributed by atoms with Gasteiger partial charge < -0.3 is 10.6 Å². The van der Waals surface area contributed by atoms with E-state index in [-0.39, 0.29) is 0 Å². The third kappa shape index (κ3) is 2.92. The molecule has 2 N–H and O–H groups in total. The highest BCUT2D eigenvalue weighted by molar-refractivity contribution is 7.99. The first kappa shape index (κ1) is 14.8. The Kier molecular flexibility index (Phi) is 4.58. The summed E-state index contributed by atoms with van der Waals surface area (Å²) in [5, 5.41) is 10.2. The van der Waals surface area contributed by atoms with Crippen molar-refractivity contribution in [3.8, 4) is 6.07 Å². The minimum Gasteiger partial charge on any atom is -0.396 e. The second-order valence-corrected chi connectivity index (χ2v) is 6.45. The number of nitrogens with zero attached hydrogens (tertiary/aromatic N) is 2. The smallest absolute Gasteiger partial charge is 0.131 e. The topological polar surface area (TPSA) is 53.0 Å². The highest BCUT2D eigenvalue weighted by Gasteiger charge is 2.18. The number of nitrogen functional groups attached to an aromatic ring is 1. The van der Waals surface area contributed by atoms with Crippen molar-refractivity contribution >= 4 is 33.8 Å². The molecule has 2 aromatic rings. The van der Waals surface area contributed by atoms with Gasteiger partial charge in [-0.3, -0.25) is 0 Å². The normalized spacial score (nSPS) is 10.3. The van der Waals surface area contributed by atoms with Crippen molar-refractivity contribution in [2.45, 2.75) is 18.4 Å². The fourth-order valence-electron chi connectivity index (χ4n) is 1.99. The zero-order valence-electron chi connectivity index (χ0n) is 11.8. The van der Waals surface area contributed by atoms with Crippen molar-refractivity contribution in [2.75, 3.05) is 23.9 Å². The second kappa shape index (κ2) is 6.21. The minimum atomic E-state index is 0.597. The van der Waals surface area contributed by atoms with E-state index in [0.717, 1.165) is 16.4 Å². The van der Waals surface area contributed by atoms with E-state index < -0.39 is 0 Å². The fourth-order valence-corrected chi connectivity index (χ4v) is 3.95. The molecule has 1 aromatic carbocycles. The lowest BCUT2D eigenvalue weighted by Crippen LogP contribution is -2.15. The van der Waals surface area contributed by atoms with Crippen LogP contribution in [0.4, 0.5) is 10.7 Å². The maximum atomic E-state index is 9.11. The third-order valence-electron chi connectivity index (χ3n) is 3.07. The van der Waals surface area contributed by atoms with Gasteiger partial charge >= 0.3 is 0 Å². The van der Waals surface area contributed by atoms with Crippen molar-refractivity contribution in [2.24, 2.45) is 0 Å². The number of hydrogen-bond donors (Lipinski definition) is 1. The van der Waals surface area contributed by atoms with E-state index in [2.05, 4.69) is 42.2 Å². The number of anilines is 2. The van der Waals surface area contributed by atoms with Crippen LogP contribution in [0.1, 0.15) is 16.0 Å². The molecule has 0 unspecified atom stereocenters. The number of thioether (sulfide) groups is 1. The Bertz CT molecular complexity index is 638. The first-order valence-electron chi connectivity index (χ1n) is 6.19. The van der Waals surface area contributed by atoms with E-state index in [9.17, 15) is 0 Å². The van der Waals surface area contributed by atoms with Crippen LogP contribution < -0.4 is 10.6 Å². The van der Waals surface area contributed by atoms with Crippen molar-refractivity contribution in [1.29, 1.82) is 5.26 Å². The van der Waals surface area contributed by atoms with Crippen LogP contribution >= 0.6 is 23.1 Å². The summed E-state index contributed by atoms with van der Waals surface area (Å²) in [4.78, 5) is 3.75. The van der Waals surface area contributed by atoms with Crippen LogP contribution in [0.5, 0.6) is 0 Å².